The monoisotopic (exact) mass is 280 g/mol. The van der Waals surface area contributed by atoms with Crippen LogP contribution in [0.4, 0.5) is 0 Å². The molecule has 4 nitrogen and oxygen atoms in total. The van der Waals surface area contributed by atoms with Gasteiger partial charge in [0.05, 0.1) is 13.2 Å². The maximum absolute atomic E-state index is 5.74. The summed E-state index contributed by atoms with van der Waals surface area (Å²) in [5, 5.41) is 0. The minimum Gasteiger partial charge on any atom is -0.494 e. The van der Waals surface area contributed by atoms with E-state index in [1.165, 1.54) is 0 Å². The molecule has 0 saturated heterocycles. The van der Waals surface area contributed by atoms with Crippen molar-refractivity contribution >= 4 is 0 Å². The van der Waals surface area contributed by atoms with Crippen LogP contribution in [0.3, 0.4) is 0 Å². The highest BCUT2D eigenvalue weighted by atomic mass is 16.5. The number of nitrogens with two attached hydrogens (primary N) is 1. The number of rotatable bonds is 10. The van der Waals surface area contributed by atoms with E-state index in [4.69, 9.17) is 15.2 Å². The van der Waals surface area contributed by atoms with Crippen LogP contribution in [0.25, 0.3) is 0 Å². The van der Waals surface area contributed by atoms with E-state index in [1.54, 1.807) is 7.11 Å². The van der Waals surface area contributed by atoms with Gasteiger partial charge in [-0.25, -0.2) is 0 Å². The van der Waals surface area contributed by atoms with E-state index in [0.717, 1.165) is 44.0 Å². The maximum Gasteiger partial charge on any atom is 0.119 e. The van der Waals surface area contributed by atoms with E-state index < -0.39 is 0 Å². The van der Waals surface area contributed by atoms with Crippen LogP contribution in [0.1, 0.15) is 25.8 Å². The van der Waals surface area contributed by atoms with Crippen molar-refractivity contribution in [3.63, 3.8) is 0 Å². The Kier molecular flexibility index (Phi) is 8.26. The van der Waals surface area contributed by atoms with Gasteiger partial charge in [-0.05, 0) is 38.0 Å². The summed E-state index contributed by atoms with van der Waals surface area (Å²) in [6, 6.07) is 8.51. The van der Waals surface area contributed by atoms with Crippen molar-refractivity contribution in [2.24, 2.45) is 5.73 Å². The molecule has 0 aliphatic carbocycles. The van der Waals surface area contributed by atoms with Gasteiger partial charge in [0.2, 0.25) is 0 Å². The summed E-state index contributed by atoms with van der Waals surface area (Å²) in [5.74, 6) is 0.912. The summed E-state index contributed by atoms with van der Waals surface area (Å²) < 4.78 is 10.9. The highest BCUT2D eigenvalue weighted by Crippen LogP contribution is 2.12. The van der Waals surface area contributed by atoms with Crippen LogP contribution in [0.2, 0.25) is 0 Å². The maximum atomic E-state index is 5.74. The van der Waals surface area contributed by atoms with Gasteiger partial charge in [-0.1, -0.05) is 12.1 Å². The van der Waals surface area contributed by atoms with Gasteiger partial charge in [0.15, 0.2) is 0 Å². The molecule has 1 rings (SSSR count). The van der Waals surface area contributed by atoms with E-state index in [9.17, 15) is 0 Å². The molecule has 4 heteroatoms. The first-order valence-corrected chi connectivity index (χ1v) is 7.32. The number of ether oxygens (including phenoxy) is 2. The Labute approximate surface area is 122 Å². The second-order valence-electron chi connectivity index (χ2n) is 5.17. The van der Waals surface area contributed by atoms with Gasteiger partial charge in [-0.15, -0.1) is 0 Å². The van der Waals surface area contributed by atoms with Crippen LogP contribution in [0, 0.1) is 0 Å². The number of hydrogen-bond acceptors (Lipinski definition) is 4. The van der Waals surface area contributed by atoms with Crippen molar-refractivity contribution in [1.82, 2.24) is 4.90 Å². The molecule has 114 valence electrons. The normalized spacial score (nSPS) is 11.3. The lowest BCUT2D eigenvalue weighted by Gasteiger charge is -2.26. The lowest BCUT2D eigenvalue weighted by Crippen LogP contribution is -2.35. The third-order valence-electron chi connectivity index (χ3n) is 3.33. The first-order chi connectivity index (χ1) is 9.67. The predicted molar refractivity (Wildman–Crippen MR) is 83.0 cm³/mol. The molecule has 1 aromatic carbocycles. The second-order valence-corrected chi connectivity index (χ2v) is 5.17. The summed E-state index contributed by atoms with van der Waals surface area (Å²) in [7, 11) is 1.74. The Bertz CT molecular complexity index is 352. The van der Waals surface area contributed by atoms with Crippen molar-refractivity contribution in [3.8, 4) is 5.75 Å². The van der Waals surface area contributed by atoms with Crippen molar-refractivity contribution < 1.29 is 9.47 Å². The fourth-order valence-electron chi connectivity index (χ4n) is 2.02. The third kappa shape index (κ3) is 6.37. The molecule has 0 aliphatic rings. The van der Waals surface area contributed by atoms with Gasteiger partial charge < -0.3 is 15.2 Å². The highest BCUT2D eigenvalue weighted by molar-refractivity contribution is 5.26. The van der Waals surface area contributed by atoms with E-state index in [2.05, 4.69) is 18.7 Å². The van der Waals surface area contributed by atoms with Crippen molar-refractivity contribution in [2.45, 2.75) is 32.9 Å². The average Bonchev–Trinajstić information content (AvgIpc) is 2.46. The summed E-state index contributed by atoms with van der Waals surface area (Å²) in [6.07, 6.45) is 1.01. The van der Waals surface area contributed by atoms with Crippen LogP contribution in [0.15, 0.2) is 24.3 Å². The van der Waals surface area contributed by atoms with Crippen LogP contribution in [0.5, 0.6) is 5.75 Å². The molecule has 20 heavy (non-hydrogen) atoms. The summed E-state index contributed by atoms with van der Waals surface area (Å²) in [6.45, 7) is 8.51. The molecule has 2 N–H and O–H groups in total. The van der Waals surface area contributed by atoms with Crippen molar-refractivity contribution in [2.75, 3.05) is 33.4 Å². The minimum atomic E-state index is 0.536. The average molecular weight is 280 g/mol. The number of benzene rings is 1. The first kappa shape index (κ1) is 17.0. The fraction of sp³-hybridized carbons (Fsp3) is 0.625. The molecule has 0 amide bonds. The Balaban J connectivity index is 2.24. The molecule has 0 radical (unpaired) electrons. The molecule has 0 heterocycles. The number of nitrogens with zero attached hydrogens (tertiary/aromatic N) is 1. The highest BCUT2D eigenvalue weighted by Gasteiger charge is 2.08. The third-order valence-corrected chi connectivity index (χ3v) is 3.33. The number of hydrogen-bond donors (Lipinski definition) is 1. The zero-order valence-corrected chi connectivity index (χ0v) is 13.0. The Morgan fingerprint density at radius 2 is 1.80 bits per heavy atom. The fourth-order valence-corrected chi connectivity index (χ4v) is 2.02. The first-order valence-electron chi connectivity index (χ1n) is 7.32. The van der Waals surface area contributed by atoms with E-state index in [-0.39, 0.29) is 0 Å². The Morgan fingerprint density at radius 1 is 1.10 bits per heavy atom. The van der Waals surface area contributed by atoms with Gasteiger partial charge in [-0.3, -0.25) is 4.90 Å². The largest absolute Gasteiger partial charge is 0.494 e. The van der Waals surface area contributed by atoms with Gasteiger partial charge >= 0.3 is 0 Å². The lowest BCUT2D eigenvalue weighted by molar-refractivity contribution is 0.124. The van der Waals surface area contributed by atoms with E-state index in [1.807, 2.05) is 24.3 Å². The topological polar surface area (TPSA) is 47.7 Å². The molecule has 0 fully saturated rings. The van der Waals surface area contributed by atoms with Crippen LogP contribution < -0.4 is 10.5 Å². The Hall–Kier alpha value is -1.10. The molecular formula is C16H28N2O2. The van der Waals surface area contributed by atoms with Crippen LogP contribution in [-0.2, 0) is 11.3 Å². The molecule has 0 atom stereocenters. The molecule has 0 unspecified atom stereocenters. The standard InChI is InChI=1S/C16H28N2O2/c1-14(2)18(10-12-19-3)9-4-11-20-16-7-5-15(13-17)6-8-16/h5-8,14H,4,9-13,17H2,1-3H3. The molecule has 0 bridgehead atoms. The van der Waals surface area contributed by atoms with E-state index >= 15 is 0 Å². The van der Waals surface area contributed by atoms with Crippen LogP contribution in [-0.4, -0.2) is 44.4 Å². The van der Waals surface area contributed by atoms with Gasteiger partial charge in [0, 0.05) is 32.8 Å². The molecule has 0 saturated carbocycles. The lowest BCUT2D eigenvalue weighted by atomic mass is 10.2. The zero-order chi connectivity index (χ0) is 14.8. The van der Waals surface area contributed by atoms with Crippen molar-refractivity contribution in [1.29, 1.82) is 0 Å². The smallest absolute Gasteiger partial charge is 0.119 e. The summed E-state index contributed by atoms with van der Waals surface area (Å²) in [5.41, 5.74) is 6.69. The molecule has 1 aromatic rings. The van der Waals surface area contributed by atoms with E-state index in [0.29, 0.717) is 12.6 Å². The van der Waals surface area contributed by atoms with Gasteiger partial charge in [0.1, 0.15) is 5.75 Å². The molecule has 0 spiro atoms. The summed E-state index contributed by atoms with van der Waals surface area (Å²) >= 11 is 0. The predicted octanol–water partition coefficient (Wildman–Crippen LogP) is 2.27. The number of methoxy groups -OCH3 is 1. The molecule has 0 aromatic heterocycles. The SMILES string of the molecule is COCCN(CCCOc1ccc(CN)cc1)C(C)C. The summed E-state index contributed by atoms with van der Waals surface area (Å²) in [4.78, 5) is 2.41. The Morgan fingerprint density at radius 3 is 2.35 bits per heavy atom. The quantitative estimate of drug-likeness (QED) is 0.668. The van der Waals surface area contributed by atoms with Crippen LogP contribution >= 0.6 is 0 Å². The molecular weight excluding hydrogens is 252 g/mol. The molecule has 0 aliphatic heterocycles. The van der Waals surface area contributed by atoms with Gasteiger partial charge in [-0.2, -0.15) is 0 Å². The van der Waals surface area contributed by atoms with Crippen molar-refractivity contribution in [3.05, 3.63) is 29.8 Å². The zero-order valence-electron chi connectivity index (χ0n) is 13.0. The minimum absolute atomic E-state index is 0.536. The second kappa shape index (κ2) is 9.75. The van der Waals surface area contributed by atoms with Gasteiger partial charge in [0.25, 0.3) is 0 Å².